The van der Waals surface area contributed by atoms with Crippen molar-refractivity contribution in [1.29, 1.82) is 0 Å². The van der Waals surface area contributed by atoms with Gasteiger partial charge in [0.1, 0.15) is 12.4 Å². The van der Waals surface area contributed by atoms with E-state index in [-0.39, 0.29) is 24.2 Å². The summed E-state index contributed by atoms with van der Waals surface area (Å²) in [6.07, 6.45) is 0. The molecule has 0 heterocycles. The van der Waals surface area contributed by atoms with Gasteiger partial charge in [0, 0.05) is 31.7 Å². The normalized spacial score (nSPS) is 11.4. The Hall–Kier alpha value is -1.30. The molecule has 1 unspecified atom stereocenters. The van der Waals surface area contributed by atoms with E-state index in [1.54, 1.807) is 14.0 Å². The van der Waals surface area contributed by atoms with Crippen molar-refractivity contribution in [3.8, 4) is 5.75 Å². The van der Waals surface area contributed by atoms with Crippen LogP contribution in [0.3, 0.4) is 0 Å². The van der Waals surface area contributed by atoms with Crippen molar-refractivity contribution in [1.82, 2.24) is 5.32 Å². The Bertz CT molecular complexity index is 441. The second-order valence-electron chi connectivity index (χ2n) is 4.81. The van der Waals surface area contributed by atoms with Crippen LogP contribution < -0.4 is 15.8 Å². The number of benzene rings is 1. The van der Waals surface area contributed by atoms with Gasteiger partial charge in [-0.15, -0.1) is 12.4 Å². The van der Waals surface area contributed by atoms with Crippen molar-refractivity contribution in [2.45, 2.75) is 20.4 Å². The van der Waals surface area contributed by atoms with Gasteiger partial charge in [-0.1, -0.05) is 19.1 Å². The molecule has 1 atom stereocenters. The first-order chi connectivity index (χ1) is 9.58. The number of carbonyl (C=O) groups excluding carboxylic acids is 1. The van der Waals surface area contributed by atoms with Crippen LogP contribution >= 0.6 is 12.4 Å². The van der Waals surface area contributed by atoms with Crippen LogP contribution in [0.5, 0.6) is 5.75 Å². The molecule has 21 heavy (non-hydrogen) atoms. The number of rotatable bonds is 8. The minimum Gasteiger partial charge on any atom is -0.491 e. The van der Waals surface area contributed by atoms with E-state index in [0.29, 0.717) is 26.3 Å². The SMILES string of the molecule is COCCOc1cc(C)ccc1CNC(=O)C(C)CN.Cl. The predicted octanol–water partition coefficient (Wildman–Crippen LogP) is 1.65. The van der Waals surface area contributed by atoms with Gasteiger partial charge in [0.15, 0.2) is 0 Å². The molecule has 0 aliphatic carbocycles. The molecular weight excluding hydrogens is 292 g/mol. The summed E-state index contributed by atoms with van der Waals surface area (Å²) < 4.78 is 10.6. The zero-order valence-electron chi connectivity index (χ0n) is 12.8. The third-order valence-corrected chi connectivity index (χ3v) is 3.02. The summed E-state index contributed by atoms with van der Waals surface area (Å²) in [5.41, 5.74) is 7.54. The average Bonchev–Trinajstić information content (AvgIpc) is 2.45. The van der Waals surface area contributed by atoms with Gasteiger partial charge >= 0.3 is 0 Å². The number of nitrogens with two attached hydrogens (primary N) is 1. The third-order valence-electron chi connectivity index (χ3n) is 3.02. The molecule has 0 radical (unpaired) electrons. The summed E-state index contributed by atoms with van der Waals surface area (Å²) in [6.45, 7) is 5.61. The van der Waals surface area contributed by atoms with Gasteiger partial charge in [0.2, 0.25) is 5.91 Å². The highest BCUT2D eigenvalue weighted by Crippen LogP contribution is 2.20. The number of methoxy groups -OCH3 is 1. The van der Waals surface area contributed by atoms with Crippen molar-refractivity contribution in [3.05, 3.63) is 29.3 Å². The maximum absolute atomic E-state index is 11.7. The van der Waals surface area contributed by atoms with Crippen LogP contribution in [0.15, 0.2) is 18.2 Å². The molecule has 3 N–H and O–H groups in total. The fourth-order valence-electron chi connectivity index (χ4n) is 1.64. The molecule has 0 bridgehead atoms. The molecule has 0 spiro atoms. The van der Waals surface area contributed by atoms with E-state index in [1.807, 2.05) is 25.1 Å². The number of carbonyl (C=O) groups is 1. The van der Waals surface area contributed by atoms with Gasteiger partial charge in [-0.3, -0.25) is 4.79 Å². The Balaban J connectivity index is 0.00000400. The number of aryl methyl sites for hydroxylation is 1. The van der Waals surface area contributed by atoms with Gasteiger partial charge in [0.25, 0.3) is 0 Å². The molecule has 1 aromatic rings. The number of nitrogens with one attached hydrogen (secondary N) is 1. The standard InChI is InChI=1S/C15H24N2O3.ClH/c1-11-4-5-13(10-17-15(18)12(2)9-16)14(8-11)20-7-6-19-3;/h4-5,8,12H,6-7,9-10,16H2,1-3H3,(H,17,18);1H. The fraction of sp³-hybridized carbons (Fsp3) is 0.533. The molecule has 6 heteroatoms. The van der Waals surface area contributed by atoms with Crippen molar-refractivity contribution in [2.75, 3.05) is 26.9 Å². The highest BCUT2D eigenvalue weighted by Gasteiger charge is 2.11. The summed E-state index contributed by atoms with van der Waals surface area (Å²) in [4.78, 5) is 11.7. The first kappa shape index (κ1) is 19.7. The van der Waals surface area contributed by atoms with Gasteiger partial charge < -0.3 is 20.5 Å². The van der Waals surface area contributed by atoms with Crippen LogP contribution in [0.1, 0.15) is 18.1 Å². The summed E-state index contributed by atoms with van der Waals surface area (Å²) in [5.74, 6) is 0.553. The lowest BCUT2D eigenvalue weighted by Crippen LogP contribution is -2.32. The van der Waals surface area contributed by atoms with Gasteiger partial charge in [-0.25, -0.2) is 0 Å². The van der Waals surface area contributed by atoms with E-state index in [9.17, 15) is 4.79 Å². The summed E-state index contributed by atoms with van der Waals surface area (Å²) >= 11 is 0. The molecule has 0 fully saturated rings. The van der Waals surface area contributed by atoms with Crippen molar-refractivity contribution >= 4 is 18.3 Å². The maximum atomic E-state index is 11.7. The highest BCUT2D eigenvalue weighted by atomic mass is 35.5. The molecule has 1 aromatic carbocycles. The minimum atomic E-state index is -0.182. The Kier molecular flexibility index (Phi) is 9.78. The lowest BCUT2D eigenvalue weighted by molar-refractivity contribution is -0.124. The number of amides is 1. The van der Waals surface area contributed by atoms with E-state index in [1.165, 1.54) is 0 Å². The smallest absolute Gasteiger partial charge is 0.224 e. The van der Waals surface area contributed by atoms with Crippen molar-refractivity contribution in [3.63, 3.8) is 0 Å². The highest BCUT2D eigenvalue weighted by molar-refractivity contribution is 5.85. The predicted molar refractivity (Wildman–Crippen MR) is 85.9 cm³/mol. The Morgan fingerprint density at radius 2 is 2.10 bits per heavy atom. The lowest BCUT2D eigenvalue weighted by atomic mass is 10.1. The molecule has 1 rings (SSSR count). The van der Waals surface area contributed by atoms with Gasteiger partial charge in [-0.2, -0.15) is 0 Å². The molecule has 120 valence electrons. The second kappa shape index (κ2) is 10.4. The summed E-state index contributed by atoms with van der Waals surface area (Å²) in [5, 5.41) is 2.87. The third kappa shape index (κ3) is 6.80. The van der Waals surface area contributed by atoms with E-state index in [2.05, 4.69) is 5.32 Å². The van der Waals surface area contributed by atoms with E-state index < -0.39 is 0 Å². The van der Waals surface area contributed by atoms with Crippen molar-refractivity contribution < 1.29 is 14.3 Å². The molecular formula is C15H25ClN2O3. The largest absolute Gasteiger partial charge is 0.491 e. The Morgan fingerprint density at radius 1 is 1.38 bits per heavy atom. The number of ether oxygens (including phenoxy) is 2. The van der Waals surface area contributed by atoms with Gasteiger partial charge in [0.05, 0.1) is 6.61 Å². The average molecular weight is 317 g/mol. The minimum absolute atomic E-state index is 0. The van der Waals surface area contributed by atoms with Crippen LogP contribution in [0.2, 0.25) is 0 Å². The molecule has 0 aliphatic heterocycles. The molecule has 1 amide bonds. The van der Waals surface area contributed by atoms with Crippen LogP contribution in [-0.4, -0.2) is 32.8 Å². The zero-order chi connectivity index (χ0) is 15.0. The monoisotopic (exact) mass is 316 g/mol. The van der Waals surface area contributed by atoms with E-state index in [4.69, 9.17) is 15.2 Å². The zero-order valence-corrected chi connectivity index (χ0v) is 13.7. The first-order valence-electron chi connectivity index (χ1n) is 6.77. The van der Waals surface area contributed by atoms with E-state index in [0.717, 1.165) is 16.9 Å². The molecule has 0 aliphatic rings. The number of halogens is 1. The van der Waals surface area contributed by atoms with Crippen LogP contribution in [-0.2, 0) is 16.1 Å². The lowest BCUT2D eigenvalue weighted by Gasteiger charge is -2.14. The molecule has 5 nitrogen and oxygen atoms in total. The maximum Gasteiger partial charge on any atom is 0.224 e. The molecule has 0 saturated heterocycles. The fourth-order valence-corrected chi connectivity index (χ4v) is 1.64. The molecule has 0 saturated carbocycles. The van der Waals surface area contributed by atoms with Crippen LogP contribution in [0.4, 0.5) is 0 Å². The first-order valence-corrected chi connectivity index (χ1v) is 6.77. The Labute approximate surface area is 132 Å². The van der Waals surface area contributed by atoms with E-state index >= 15 is 0 Å². The second-order valence-corrected chi connectivity index (χ2v) is 4.81. The number of hydrogen-bond donors (Lipinski definition) is 2. The van der Waals surface area contributed by atoms with Gasteiger partial charge in [-0.05, 0) is 18.6 Å². The summed E-state index contributed by atoms with van der Waals surface area (Å²) in [6, 6.07) is 5.92. The van der Waals surface area contributed by atoms with Crippen molar-refractivity contribution in [2.24, 2.45) is 11.7 Å². The van der Waals surface area contributed by atoms with Crippen LogP contribution in [0, 0.1) is 12.8 Å². The quantitative estimate of drug-likeness (QED) is 0.715. The number of hydrogen-bond acceptors (Lipinski definition) is 4. The van der Waals surface area contributed by atoms with Crippen LogP contribution in [0.25, 0.3) is 0 Å². The molecule has 0 aromatic heterocycles. The Morgan fingerprint density at radius 3 is 2.71 bits per heavy atom. The topological polar surface area (TPSA) is 73.6 Å². The summed E-state index contributed by atoms with van der Waals surface area (Å²) in [7, 11) is 1.63.